The van der Waals surface area contributed by atoms with Gasteiger partial charge < -0.3 is 9.84 Å². The van der Waals surface area contributed by atoms with Crippen LogP contribution in [0.25, 0.3) is 0 Å². The van der Waals surface area contributed by atoms with Gasteiger partial charge in [0.2, 0.25) is 0 Å². The summed E-state index contributed by atoms with van der Waals surface area (Å²) >= 11 is 0. The number of carbonyl (C=O) groups excluding carboxylic acids is 2. The Hall–Kier alpha value is -1.84. The lowest BCUT2D eigenvalue weighted by Crippen LogP contribution is -2.15. The molecular weight excluding hydrogens is 196 g/mol. The molecule has 1 aromatic rings. The number of para-hydroxylation sites is 1. The van der Waals surface area contributed by atoms with Crippen molar-refractivity contribution in [2.45, 2.75) is 20.0 Å². The second-order valence-corrected chi connectivity index (χ2v) is 3.16. The first-order valence-electron chi connectivity index (χ1n) is 4.48. The van der Waals surface area contributed by atoms with Gasteiger partial charge in [-0.25, -0.2) is 0 Å². The number of rotatable bonds is 3. The molecule has 0 amide bonds. The highest BCUT2D eigenvalue weighted by Gasteiger charge is 2.22. The maximum absolute atomic E-state index is 11.2. The van der Waals surface area contributed by atoms with Crippen LogP contribution in [0.1, 0.15) is 25.5 Å². The summed E-state index contributed by atoms with van der Waals surface area (Å²) in [5.74, 6) is -0.941. The third-order valence-corrected chi connectivity index (χ3v) is 1.87. The molecule has 4 nitrogen and oxygen atoms in total. The van der Waals surface area contributed by atoms with Crippen LogP contribution < -0.4 is 0 Å². The molecule has 0 aliphatic rings. The smallest absolute Gasteiger partial charge is 0.303 e. The molecule has 0 radical (unpaired) electrons. The van der Waals surface area contributed by atoms with Crippen LogP contribution in [0, 0.1) is 0 Å². The van der Waals surface area contributed by atoms with Gasteiger partial charge in [-0.3, -0.25) is 9.59 Å². The van der Waals surface area contributed by atoms with Crippen molar-refractivity contribution in [1.82, 2.24) is 0 Å². The maximum Gasteiger partial charge on any atom is 0.303 e. The van der Waals surface area contributed by atoms with E-state index in [1.165, 1.54) is 19.9 Å². The lowest BCUT2D eigenvalue weighted by Gasteiger charge is -2.15. The van der Waals surface area contributed by atoms with Gasteiger partial charge in [0.05, 0.1) is 0 Å². The van der Waals surface area contributed by atoms with E-state index in [1.807, 2.05) is 0 Å². The van der Waals surface area contributed by atoms with Gasteiger partial charge in [0.25, 0.3) is 0 Å². The standard InChI is InChI=1S/C11H12O4/c1-7(12)11(15-8(2)13)9-5-3-4-6-10(9)14/h3-6,11,14H,1-2H3. The fourth-order valence-electron chi connectivity index (χ4n) is 1.24. The normalized spacial score (nSPS) is 11.9. The van der Waals surface area contributed by atoms with Gasteiger partial charge in [0.1, 0.15) is 5.75 Å². The van der Waals surface area contributed by atoms with E-state index < -0.39 is 12.1 Å². The van der Waals surface area contributed by atoms with Gasteiger partial charge in [-0.15, -0.1) is 0 Å². The van der Waals surface area contributed by atoms with Gasteiger partial charge in [-0.2, -0.15) is 0 Å². The first kappa shape index (κ1) is 11.2. The second kappa shape index (κ2) is 4.59. The molecule has 0 aliphatic heterocycles. The molecule has 0 bridgehead atoms. The predicted molar refractivity (Wildman–Crippen MR) is 53.3 cm³/mol. The summed E-state index contributed by atoms with van der Waals surface area (Å²) in [5.41, 5.74) is 0.306. The van der Waals surface area contributed by atoms with Gasteiger partial charge in [0.15, 0.2) is 11.9 Å². The van der Waals surface area contributed by atoms with Crippen molar-refractivity contribution in [3.8, 4) is 5.75 Å². The summed E-state index contributed by atoms with van der Waals surface area (Å²) in [6.45, 7) is 2.52. The average molecular weight is 208 g/mol. The predicted octanol–water partition coefficient (Wildman–Crippen LogP) is 1.59. The monoisotopic (exact) mass is 208 g/mol. The van der Waals surface area contributed by atoms with E-state index in [1.54, 1.807) is 18.2 Å². The minimum absolute atomic E-state index is 0.0565. The van der Waals surface area contributed by atoms with Crippen LogP contribution in [0.3, 0.4) is 0 Å². The minimum atomic E-state index is -1.02. The van der Waals surface area contributed by atoms with Crippen molar-refractivity contribution < 1.29 is 19.4 Å². The van der Waals surface area contributed by atoms with E-state index >= 15 is 0 Å². The lowest BCUT2D eigenvalue weighted by molar-refractivity contribution is -0.152. The van der Waals surface area contributed by atoms with Crippen LogP contribution in [0.15, 0.2) is 24.3 Å². The first-order chi connectivity index (χ1) is 7.02. The molecule has 1 aromatic carbocycles. The van der Waals surface area contributed by atoms with Crippen LogP contribution >= 0.6 is 0 Å². The largest absolute Gasteiger partial charge is 0.508 e. The van der Waals surface area contributed by atoms with E-state index in [0.29, 0.717) is 5.56 Å². The summed E-state index contributed by atoms with van der Waals surface area (Å²) < 4.78 is 4.83. The van der Waals surface area contributed by atoms with E-state index in [9.17, 15) is 14.7 Å². The summed E-state index contributed by atoms with van der Waals surface area (Å²) in [5, 5.41) is 9.50. The average Bonchev–Trinajstić information content (AvgIpc) is 2.15. The number of ether oxygens (including phenoxy) is 1. The lowest BCUT2D eigenvalue weighted by atomic mass is 10.1. The van der Waals surface area contributed by atoms with Crippen molar-refractivity contribution in [3.63, 3.8) is 0 Å². The molecule has 15 heavy (non-hydrogen) atoms. The van der Waals surface area contributed by atoms with Crippen LogP contribution in [0.4, 0.5) is 0 Å². The number of esters is 1. The fraction of sp³-hybridized carbons (Fsp3) is 0.273. The molecule has 1 N–H and O–H groups in total. The minimum Gasteiger partial charge on any atom is -0.508 e. The third-order valence-electron chi connectivity index (χ3n) is 1.87. The van der Waals surface area contributed by atoms with Gasteiger partial charge in [-0.1, -0.05) is 18.2 Å². The maximum atomic E-state index is 11.2. The number of Topliss-reactive ketones (excluding diaryl/α,β-unsaturated/α-hetero) is 1. The Bertz CT molecular complexity index is 384. The molecule has 0 spiro atoms. The molecule has 0 heterocycles. The van der Waals surface area contributed by atoms with Crippen LogP contribution in [-0.2, 0) is 14.3 Å². The van der Waals surface area contributed by atoms with E-state index in [4.69, 9.17) is 4.74 Å². The highest BCUT2D eigenvalue weighted by atomic mass is 16.5. The summed E-state index contributed by atoms with van der Waals surface area (Å²) in [6, 6.07) is 6.28. The molecule has 0 aliphatic carbocycles. The molecule has 0 fully saturated rings. The number of hydrogen-bond acceptors (Lipinski definition) is 4. The Morgan fingerprint density at radius 2 is 1.87 bits per heavy atom. The molecule has 1 unspecified atom stereocenters. The van der Waals surface area contributed by atoms with E-state index in [2.05, 4.69) is 0 Å². The van der Waals surface area contributed by atoms with E-state index in [-0.39, 0.29) is 11.5 Å². The van der Waals surface area contributed by atoms with Crippen molar-refractivity contribution in [2.24, 2.45) is 0 Å². The van der Waals surface area contributed by atoms with Crippen LogP contribution in [0.2, 0.25) is 0 Å². The van der Waals surface area contributed by atoms with Crippen molar-refractivity contribution >= 4 is 11.8 Å². The van der Waals surface area contributed by atoms with Crippen molar-refractivity contribution in [2.75, 3.05) is 0 Å². The summed E-state index contributed by atoms with van der Waals surface area (Å²) in [4.78, 5) is 22.0. The van der Waals surface area contributed by atoms with Crippen LogP contribution in [-0.4, -0.2) is 16.9 Å². The molecule has 0 aromatic heterocycles. The fourth-order valence-corrected chi connectivity index (χ4v) is 1.24. The Balaban J connectivity index is 3.04. The van der Waals surface area contributed by atoms with Crippen molar-refractivity contribution in [1.29, 1.82) is 0 Å². The quantitative estimate of drug-likeness (QED) is 0.766. The zero-order chi connectivity index (χ0) is 11.4. The molecule has 4 heteroatoms. The molecule has 1 rings (SSSR count). The second-order valence-electron chi connectivity index (χ2n) is 3.16. The third kappa shape index (κ3) is 2.80. The van der Waals surface area contributed by atoms with E-state index in [0.717, 1.165) is 0 Å². The van der Waals surface area contributed by atoms with Gasteiger partial charge in [0, 0.05) is 12.5 Å². The van der Waals surface area contributed by atoms with Gasteiger partial charge in [-0.05, 0) is 13.0 Å². The Kier molecular flexibility index (Phi) is 3.44. The Morgan fingerprint density at radius 1 is 1.27 bits per heavy atom. The number of ketones is 1. The molecule has 80 valence electrons. The Morgan fingerprint density at radius 3 is 2.33 bits per heavy atom. The number of phenols is 1. The number of carbonyl (C=O) groups is 2. The summed E-state index contributed by atoms with van der Waals surface area (Å²) in [7, 11) is 0. The number of phenolic OH excluding ortho intramolecular Hbond substituents is 1. The topological polar surface area (TPSA) is 63.6 Å². The first-order valence-corrected chi connectivity index (χ1v) is 4.48. The van der Waals surface area contributed by atoms with Crippen LogP contribution in [0.5, 0.6) is 5.75 Å². The SMILES string of the molecule is CC(=O)OC(C(C)=O)c1ccccc1O. The Labute approximate surface area is 87.5 Å². The van der Waals surface area contributed by atoms with Gasteiger partial charge >= 0.3 is 5.97 Å². The summed E-state index contributed by atoms with van der Waals surface area (Å²) in [6.07, 6.45) is -1.02. The van der Waals surface area contributed by atoms with Crippen molar-refractivity contribution in [3.05, 3.63) is 29.8 Å². The number of benzene rings is 1. The zero-order valence-corrected chi connectivity index (χ0v) is 8.56. The molecule has 1 atom stereocenters. The number of aromatic hydroxyl groups is 1. The highest BCUT2D eigenvalue weighted by Crippen LogP contribution is 2.27. The molecule has 0 saturated heterocycles. The molecule has 0 saturated carbocycles. The number of hydrogen-bond donors (Lipinski definition) is 1. The zero-order valence-electron chi connectivity index (χ0n) is 8.56. The highest BCUT2D eigenvalue weighted by molar-refractivity contribution is 5.85. The molecular formula is C11H12O4.